The molecule has 1 amide bonds. The number of nitrogens with zero attached hydrogens (tertiary/aromatic N) is 2. The summed E-state index contributed by atoms with van der Waals surface area (Å²) in [4.78, 5) is 18.8. The van der Waals surface area contributed by atoms with Crippen molar-refractivity contribution in [2.24, 2.45) is 0 Å². The van der Waals surface area contributed by atoms with Gasteiger partial charge in [-0.25, -0.2) is 4.98 Å². The van der Waals surface area contributed by atoms with Crippen LogP contribution in [-0.2, 0) is 4.74 Å². The Bertz CT molecular complexity index is 512. The van der Waals surface area contributed by atoms with E-state index in [1.807, 2.05) is 13.8 Å². The Balaban J connectivity index is 2.27. The predicted octanol–water partition coefficient (Wildman–Crippen LogP) is 1.50. The van der Waals surface area contributed by atoms with Gasteiger partial charge in [0, 0.05) is 23.8 Å². The van der Waals surface area contributed by atoms with Crippen molar-refractivity contribution in [1.82, 2.24) is 9.88 Å². The Hall–Kier alpha value is -1.18. The van der Waals surface area contributed by atoms with Crippen LogP contribution in [-0.4, -0.2) is 59.3 Å². The molecule has 0 aromatic carbocycles. The van der Waals surface area contributed by atoms with Crippen LogP contribution in [0.4, 0.5) is 5.82 Å². The van der Waals surface area contributed by atoms with E-state index in [1.165, 1.54) is 0 Å². The fourth-order valence-corrected chi connectivity index (χ4v) is 2.61. The molecule has 0 bridgehead atoms. The van der Waals surface area contributed by atoms with Crippen LogP contribution in [0, 0.1) is 0 Å². The van der Waals surface area contributed by atoms with E-state index in [0.29, 0.717) is 31.1 Å². The van der Waals surface area contributed by atoms with Crippen molar-refractivity contribution >= 4 is 27.7 Å². The number of hydrogen-bond donors (Lipinski definition) is 2. The zero-order valence-electron chi connectivity index (χ0n) is 12.2. The van der Waals surface area contributed by atoms with Gasteiger partial charge in [-0.05, 0) is 35.8 Å². The van der Waals surface area contributed by atoms with Gasteiger partial charge in [0.05, 0.1) is 30.9 Å². The lowest BCUT2D eigenvalue weighted by atomic mass is 10.1. The zero-order chi connectivity index (χ0) is 15.4. The molecule has 0 spiro atoms. The summed E-state index contributed by atoms with van der Waals surface area (Å²) in [6.45, 7) is 5.30. The highest BCUT2D eigenvalue weighted by molar-refractivity contribution is 9.10. The van der Waals surface area contributed by atoms with Crippen molar-refractivity contribution in [2.75, 3.05) is 31.6 Å². The molecule has 6 nitrogen and oxygen atoms in total. The molecule has 2 rings (SSSR count). The number of hydrogen-bond acceptors (Lipinski definition) is 5. The second kappa shape index (κ2) is 7.20. The quantitative estimate of drug-likeness (QED) is 0.853. The van der Waals surface area contributed by atoms with Crippen LogP contribution in [0.1, 0.15) is 24.2 Å². The molecule has 2 heterocycles. The van der Waals surface area contributed by atoms with Crippen molar-refractivity contribution in [1.29, 1.82) is 0 Å². The highest BCUT2D eigenvalue weighted by Gasteiger charge is 2.31. The van der Waals surface area contributed by atoms with E-state index in [0.717, 1.165) is 4.47 Å². The minimum Gasteiger partial charge on any atom is -0.394 e. The summed E-state index contributed by atoms with van der Waals surface area (Å²) in [6, 6.07) is 1.73. The standard InChI is InChI=1S/C14H20BrN3O3/c1-3-16-13-12(4-10(15)5-17-13)14(20)18-6-11(7-19)21-8-9(18)2/h4-5,9,11,19H,3,6-8H2,1-2H3,(H,16,17). The van der Waals surface area contributed by atoms with E-state index in [-0.39, 0.29) is 24.7 Å². The second-order valence-corrected chi connectivity index (χ2v) is 5.94. The molecule has 1 aliphatic heterocycles. The topological polar surface area (TPSA) is 74.7 Å². The fourth-order valence-electron chi connectivity index (χ4n) is 2.28. The number of aliphatic hydroxyl groups excluding tert-OH is 1. The largest absolute Gasteiger partial charge is 0.394 e. The second-order valence-electron chi connectivity index (χ2n) is 5.02. The summed E-state index contributed by atoms with van der Waals surface area (Å²) in [5.41, 5.74) is 0.525. The van der Waals surface area contributed by atoms with Gasteiger partial charge in [0.1, 0.15) is 5.82 Å². The normalized spacial score (nSPS) is 22.2. The van der Waals surface area contributed by atoms with Gasteiger partial charge >= 0.3 is 0 Å². The van der Waals surface area contributed by atoms with Crippen LogP contribution in [0.2, 0.25) is 0 Å². The lowest BCUT2D eigenvalue weighted by Gasteiger charge is -2.37. The third kappa shape index (κ3) is 3.72. The SMILES string of the molecule is CCNc1ncc(Br)cc1C(=O)N1CC(CO)OCC1C. The molecule has 1 fully saturated rings. The van der Waals surface area contributed by atoms with Crippen molar-refractivity contribution in [3.8, 4) is 0 Å². The average Bonchev–Trinajstić information content (AvgIpc) is 2.49. The van der Waals surface area contributed by atoms with Gasteiger partial charge < -0.3 is 20.1 Å². The summed E-state index contributed by atoms with van der Waals surface area (Å²) in [7, 11) is 0. The number of pyridine rings is 1. The summed E-state index contributed by atoms with van der Waals surface area (Å²) in [6.07, 6.45) is 1.33. The number of nitrogens with one attached hydrogen (secondary N) is 1. The first-order chi connectivity index (χ1) is 10.1. The monoisotopic (exact) mass is 357 g/mol. The van der Waals surface area contributed by atoms with Crippen LogP contribution in [0.3, 0.4) is 0 Å². The third-order valence-electron chi connectivity index (χ3n) is 3.40. The van der Waals surface area contributed by atoms with Crippen molar-refractivity contribution < 1.29 is 14.6 Å². The van der Waals surface area contributed by atoms with Crippen molar-refractivity contribution in [2.45, 2.75) is 26.0 Å². The maximum atomic E-state index is 12.8. The number of aliphatic hydroxyl groups is 1. The van der Waals surface area contributed by atoms with E-state index in [4.69, 9.17) is 4.74 Å². The third-order valence-corrected chi connectivity index (χ3v) is 3.83. The highest BCUT2D eigenvalue weighted by Crippen LogP contribution is 2.22. The highest BCUT2D eigenvalue weighted by atomic mass is 79.9. The predicted molar refractivity (Wildman–Crippen MR) is 83.4 cm³/mol. The summed E-state index contributed by atoms with van der Waals surface area (Å²) in [5.74, 6) is 0.471. The molecular formula is C14H20BrN3O3. The first-order valence-corrected chi connectivity index (χ1v) is 7.79. The smallest absolute Gasteiger partial charge is 0.258 e. The van der Waals surface area contributed by atoms with Gasteiger partial charge in [0.15, 0.2) is 0 Å². The van der Waals surface area contributed by atoms with Crippen molar-refractivity contribution in [3.05, 3.63) is 22.3 Å². The van der Waals surface area contributed by atoms with Crippen LogP contribution >= 0.6 is 15.9 Å². The number of rotatable bonds is 4. The van der Waals surface area contributed by atoms with Gasteiger partial charge in [-0.15, -0.1) is 0 Å². The Morgan fingerprint density at radius 2 is 2.43 bits per heavy atom. The molecule has 1 aromatic rings. The maximum absolute atomic E-state index is 12.8. The summed E-state index contributed by atoms with van der Waals surface area (Å²) < 4.78 is 6.23. The summed E-state index contributed by atoms with van der Waals surface area (Å²) in [5, 5.41) is 12.3. The maximum Gasteiger partial charge on any atom is 0.258 e. The van der Waals surface area contributed by atoms with Crippen LogP contribution in [0.5, 0.6) is 0 Å². The first kappa shape index (κ1) is 16.2. The van der Waals surface area contributed by atoms with E-state index in [1.54, 1.807) is 17.2 Å². The number of halogens is 1. The van der Waals surface area contributed by atoms with Crippen LogP contribution in [0.15, 0.2) is 16.7 Å². The van der Waals surface area contributed by atoms with Crippen LogP contribution < -0.4 is 5.32 Å². The average molecular weight is 358 g/mol. The van der Waals surface area contributed by atoms with Gasteiger partial charge in [0.25, 0.3) is 5.91 Å². The molecule has 2 unspecified atom stereocenters. The van der Waals surface area contributed by atoms with E-state index < -0.39 is 0 Å². The zero-order valence-corrected chi connectivity index (χ0v) is 13.8. The molecule has 0 aliphatic carbocycles. The minimum absolute atomic E-state index is 0.0336. The molecule has 0 saturated carbocycles. The first-order valence-electron chi connectivity index (χ1n) is 6.99. The Morgan fingerprint density at radius 1 is 1.67 bits per heavy atom. The summed E-state index contributed by atoms with van der Waals surface area (Å²) >= 11 is 3.35. The Labute approximate surface area is 132 Å². The van der Waals surface area contributed by atoms with Gasteiger partial charge in [-0.3, -0.25) is 4.79 Å². The number of aromatic nitrogens is 1. The van der Waals surface area contributed by atoms with E-state index >= 15 is 0 Å². The van der Waals surface area contributed by atoms with Crippen LogP contribution in [0.25, 0.3) is 0 Å². The van der Waals surface area contributed by atoms with Gasteiger partial charge in [0.2, 0.25) is 0 Å². The number of carbonyl (C=O) groups is 1. The lowest BCUT2D eigenvalue weighted by Crippen LogP contribution is -2.52. The number of morpholine rings is 1. The number of carbonyl (C=O) groups excluding carboxylic acids is 1. The minimum atomic E-state index is -0.326. The number of ether oxygens (including phenoxy) is 1. The molecule has 21 heavy (non-hydrogen) atoms. The number of anilines is 1. The number of amides is 1. The molecule has 1 saturated heterocycles. The molecule has 1 aromatic heterocycles. The molecule has 7 heteroatoms. The molecule has 0 radical (unpaired) electrons. The fraction of sp³-hybridized carbons (Fsp3) is 0.571. The molecule has 2 N–H and O–H groups in total. The lowest BCUT2D eigenvalue weighted by molar-refractivity contribution is -0.0667. The molecule has 1 aliphatic rings. The molecule has 2 atom stereocenters. The van der Waals surface area contributed by atoms with Gasteiger partial charge in [-0.1, -0.05) is 0 Å². The van der Waals surface area contributed by atoms with E-state index in [2.05, 4.69) is 26.2 Å². The Morgan fingerprint density at radius 3 is 3.10 bits per heavy atom. The van der Waals surface area contributed by atoms with Crippen molar-refractivity contribution in [3.63, 3.8) is 0 Å². The molecular weight excluding hydrogens is 338 g/mol. The molecule has 116 valence electrons. The van der Waals surface area contributed by atoms with Gasteiger partial charge in [-0.2, -0.15) is 0 Å². The van der Waals surface area contributed by atoms with E-state index in [9.17, 15) is 9.90 Å². The Kier molecular flexibility index (Phi) is 5.55.